The van der Waals surface area contributed by atoms with Gasteiger partial charge in [0.15, 0.2) is 5.78 Å². The molecule has 5 aliphatic rings. The fourth-order valence-corrected chi connectivity index (χ4v) is 9.05. The van der Waals surface area contributed by atoms with Gasteiger partial charge in [0.25, 0.3) is 0 Å². The van der Waals surface area contributed by atoms with Gasteiger partial charge in [-0.05, 0) is 68.1 Å². The average Bonchev–Trinajstić information content (AvgIpc) is 3.16. The summed E-state index contributed by atoms with van der Waals surface area (Å²) in [5.41, 5.74) is -2.40. The molecular weight excluding hydrogens is 578 g/mol. The fraction of sp³-hybridized carbons (Fsp3) is 0.704. The number of allylic oxidation sites excluding steroid dienone is 4. The lowest BCUT2D eigenvalue weighted by Gasteiger charge is -2.60. The fourth-order valence-electron chi connectivity index (χ4n) is 8.23. The molecule has 0 aromatic rings. The molecule has 0 amide bonds. The number of Topliss-reactive ketones (excluding diaryl/α,β-unsaturated/α-hetero) is 4. The molecule has 210 valence electrons. The zero-order valence-electron chi connectivity index (χ0n) is 21.2. The Bertz CT molecular complexity index is 1090. The van der Waals surface area contributed by atoms with Crippen LogP contribution in [0.1, 0.15) is 65.2 Å². The van der Waals surface area contributed by atoms with Crippen LogP contribution in [-0.2, 0) is 19.2 Å². The zero-order valence-corrected chi connectivity index (χ0v) is 24.3. The number of hydrogen-bond donors (Lipinski definition) is 3. The lowest BCUT2D eigenvalue weighted by atomic mass is 9.44. The Morgan fingerprint density at radius 3 is 1.97 bits per heavy atom. The summed E-state index contributed by atoms with van der Waals surface area (Å²) in [6, 6.07) is 0. The highest BCUT2D eigenvalue weighted by Crippen LogP contribution is 2.67. The first-order valence-corrected chi connectivity index (χ1v) is 14.4. The summed E-state index contributed by atoms with van der Waals surface area (Å²) in [7, 11) is 0. The van der Waals surface area contributed by atoms with Crippen LogP contribution in [0.3, 0.4) is 0 Å². The number of ketones is 4. The Balaban J connectivity index is 0.000000236. The number of hydrogen-bond acceptors (Lipinski definition) is 7. The number of carbonyl (C=O) groups is 4. The summed E-state index contributed by atoms with van der Waals surface area (Å²) in [5, 5.41) is 29.0. The van der Waals surface area contributed by atoms with Crippen LogP contribution in [0.4, 0.5) is 0 Å². The molecule has 0 aliphatic heterocycles. The van der Waals surface area contributed by atoms with E-state index in [0.29, 0.717) is 12.3 Å². The van der Waals surface area contributed by atoms with E-state index in [4.69, 9.17) is 46.4 Å². The predicted molar refractivity (Wildman–Crippen MR) is 143 cm³/mol. The second-order valence-corrected chi connectivity index (χ2v) is 13.4. The molecule has 8 atom stereocenters. The van der Waals surface area contributed by atoms with Crippen molar-refractivity contribution in [2.75, 3.05) is 6.61 Å². The molecule has 0 aromatic carbocycles. The topological polar surface area (TPSA) is 129 Å². The maximum absolute atomic E-state index is 13.4. The normalized spacial score (nSPS) is 42.8. The second kappa shape index (κ2) is 10.6. The molecule has 0 saturated heterocycles. The molecule has 0 heterocycles. The minimum atomic E-state index is -1.58. The molecule has 5 rings (SSSR count). The second-order valence-electron chi connectivity index (χ2n) is 11.9. The first-order chi connectivity index (χ1) is 17.6. The Hall–Kier alpha value is -0.800. The van der Waals surface area contributed by atoms with Crippen LogP contribution < -0.4 is 0 Å². The number of aliphatic hydroxyl groups excluding tert-OH is 2. The molecule has 0 bridgehead atoms. The van der Waals surface area contributed by atoms with E-state index >= 15 is 0 Å². The number of fused-ring (bicyclic) bond motifs is 5. The van der Waals surface area contributed by atoms with E-state index in [0.717, 1.165) is 38.5 Å². The van der Waals surface area contributed by atoms with Crippen molar-refractivity contribution in [2.45, 2.75) is 76.9 Å². The zero-order chi connectivity index (χ0) is 28.4. The van der Waals surface area contributed by atoms with E-state index in [1.165, 1.54) is 0 Å². The first kappa shape index (κ1) is 30.2. The van der Waals surface area contributed by atoms with Gasteiger partial charge in [-0.2, -0.15) is 0 Å². The van der Waals surface area contributed by atoms with Gasteiger partial charge >= 0.3 is 0 Å². The van der Waals surface area contributed by atoms with Crippen LogP contribution in [0, 0.1) is 34.5 Å². The Morgan fingerprint density at radius 2 is 1.45 bits per heavy atom. The van der Waals surface area contributed by atoms with Crippen LogP contribution >= 0.6 is 46.4 Å². The highest BCUT2D eigenvalue weighted by Gasteiger charge is 2.68. The van der Waals surface area contributed by atoms with Crippen molar-refractivity contribution >= 4 is 69.5 Å². The molecule has 5 aliphatic carbocycles. The number of aliphatic hydroxyl groups is 3. The van der Waals surface area contributed by atoms with Gasteiger partial charge in [0, 0.05) is 17.8 Å². The van der Waals surface area contributed by atoms with Gasteiger partial charge in [-0.25, -0.2) is 0 Å². The van der Waals surface area contributed by atoms with E-state index in [1.54, 1.807) is 0 Å². The van der Waals surface area contributed by atoms with E-state index in [2.05, 4.69) is 6.92 Å². The molecule has 11 heteroatoms. The van der Waals surface area contributed by atoms with Crippen molar-refractivity contribution in [3.8, 4) is 0 Å². The van der Waals surface area contributed by atoms with Crippen molar-refractivity contribution in [3.05, 3.63) is 20.1 Å². The summed E-state index contributed by atoms with van der Waals surface area (Å²) in [6.45, 7) is 3.46. The summed E-state index contributed by atoms with van der Waals surface area (Å²) in [6.07, 6.45) is 5.47. The highest BCUT2D eigenvalue weighted by molar-refractivity contribution is 6.69. The van der Waals surface area contributed by atoms with Gasteiger partial charge in [-0.1, -0.05) is 60.3 Å². The monoisotopic (exact) mass is 608 g/mol. The third kappa shape index (κ3) is 4.45. The summed E-state index contributed by atoms with van der Waals surface area (Å²) < 4.78 is 0. The van der Waals surface area contributed by atoms with Crippen molar-refractivity contribution < 1.29 is 34.5 Å². The molecule has 0 radical (unpaired) electrons. The van der Waals surface area contributed by atoms with E-state index in [1.807, 2.05) is 6.92 Å². The standard InChI is InChI=1S/C21H32O5.C6Cl4O2/c1-19-7-5-13(23)9-12(19)3-4-14-15-6-8-21(26,17(25)11-22)20(15,2)10-16(24)18(14)19;7-1-2(8)6(12)4(10)3(9)5(1)11/h12-15,18,22-23,26H,3-11H2,1-2H3;/t12-,13-,14+,15+,18-,19+,20+,21+;/m1./s1. The van der Waals surface area contributed by atoms with Gasteiger partial charge in [-0.3, -0.25) is 19.2 Å². The maximum Gasteiger partial charge on any atom is 0.219 e. The number of carbonyl (C=O) groups excluding carboxylic acids is 4. The Morgan fingerprint density at radius 1 is 0.895 bits per heavy atom. The lowest BCUT2D eigenvalue weighted by molar-refractivity contribution is -0.180. The van der Waals surface area contributed by atoms with Crippen LogP contribution in [0.15, 0.2) is 20.1 Å². The van der Waals surface area contributed by atoms with Gasteiger partial charge in [0.05, 0.1) is 6.10 Å². The van der Waals surface area contributed by atoms with Crippen LogP contribution in [0.2, 0.25) is 0 Å². The third-order valence-electron chi connectivity index (χ3n) is 10.3. The highest BCUT2D eigenvalue weighted by atomic mass is 35.5. The van der Waals surface area contributed by atoms with Crippen LogP contribution in [-0.4, -0.2) is 56.8 Å². The quantitative estimate of drug-likeness (QED) is 0.396. The number of rotatable bonds is 2. The summed E-state index contributed by atoms with van der Waals surface area (Å²) in [4.78, 5) is 47.7. The third-order valence-corrected chi connectivity index (χ3v) is 11.9. The van der Waals surface area contributed by atoms with Crippen molar-refractivity contribution in [1.29, 1.82) is 0 Å². The maximum atomic E-state index is 13.4. The summed E-state index contributed by atoms with van der Waals surface area (Å²) in [5.74, 6) is -1.08. The molecule has 4 fully saturated rings. The smallest absolute Gasteiger partial charge is 0.219 e. The van der Waals surface area contributed by atoms with Gasteiger partial charge in [0.1, 0.15) is 38.1 Å². The Labute approximate surface area is 241 Å². The molecular formula is C27H32Cl4O7. The van der Waals surface area contributed by atoms with E-state index in [9.17, 15) is 34.5 Å². The van der Waals surface area contributed by atoms with Gasteiger partial charge < -0.3 is 15.3 Å². The van der Waals surface area contributed by atoms with Gasteiger partial charge in [-0.15, -0.1) is 0 Å². The van der Waals surface area contributed by atoms with Crippen molar-refractivity contribution in [1.82, 2.24) is 0 Å². The minimum absolute atomic E-state index is 0.0154. The SMILES string of the molecule is C[C@]12CC[C@@H](O)C[C@H]1CC[C@@H]1[C@@H]2C(=O)C[C@@]2(C)[C@H]1CC[C@]2(O)C(=O)CO.O=C1C(Cl)=C(Cl)C(=O)C(Cl)=C1Cl. The molecule has 0 unspecified atom stereocenters. The van der Waals surface area contributed by atoms with E-state index in [-0.39, 0.29) is 41.5 Å². The predicted octanol–water partition coefficient (Wildman–Crippen LogP) is 4.38. The molecule has 0 spiro atoms. The van der Waals surface area contributed by atoms with Crippen LogP contribution in [0.25, 0.3) is 0 Å². The minimum Gasteiger partial charge on any atom is -0.393 e. The van der Waals surface area contributed by atoms with Crippen molar-refractivity contribution in [2.24, 2.45) is 34.5 Å². The average molecular weight is 610 g/mol. The van der Waals surface area contributed by atoms with Crippen molar-refractivity contribution in [3.63, 3.8) is 0 Å². The Kier molecular flexibility index (Phi) is 8.38. The molecule has 38 heavy (non-hydrogen) atoms. The van der Waals surface area contributed by atoms with Gasteiger partial charge in [0.2, 0.25) is 11.6 Å². The number of halogens is 4. The largest absolute Gasteiger partial charge is 0.393 e. The first-order valence-electron chi connectivity index (χ1n) is 12.9. The van der Waals surface area contributed by atoms with Crippen LogP contribution in [0.5, 0.6) is 0 Å². The van der Waals surface area contributed by atoms with E-state index < -0.39 is 55.1 Å². The summed E-state index contributed by atoms with van der Waals surface area (Å²) >= 11 is 21.5. The molecule has 7 nitrogen and oxygen atoms in total. The lowest BCUT2D eigenvalue weighted by Crippen LogP contribution is -2.62. The molecule has 0 aromatic heterocycles. The molecule has 3 N–H and O–H groups in total. The molecule has 4 saturated carbocycles.